The summed E-state index contributed by atoms with van der Waals surface area (Å²) in [4.78, 5) is 4.15. The fraction of sp³-hybridized carbons (Fsp3) is 0.250. The molecule has 2 aromatic heterocycles. The van der Waals surface area contributed by atoms with Gasteiger partial charge in [-0.25, -0.2) is 4.98 Å². The van der Waals surface area contributed by atoms with E-state index in [1.165, 1.54) is 5.56 Å². The molecule has 2 rings (SSSR count). The lowest BCUT2D eigenvalue weighted by atomic mass is 10.2. The number of thiophene rings is 1. The number of nitrogens with zero attached hydrogens (tertiary/aromatic N) is 1. The van der Waals surface area contributed by atoms with Crippen LogP contribution >= 0.6 is 11.3 Å². The summed E-state index contributed by atoms with van der Waals surface area (Å²) in [5.74, 6) is 0.633. The summed E-state index contributed by atoms with van der Waals surface area (Å²) < 4.78 is 5.01. The molecule has 0 amide bonds. The minimum Gasteiger partial charge on any atom is -0.481 e. The Morgan fingerprint density at radius 1 is 1.38 bits per heavy atom. The van der Waals surface area contributed by atoms with Gasteiger partial charge in [-0.3, -0.25) is 0 Å². The summed E-state index contributed by atoms with van der Waals surface area (Å²) in [6, 6.07) is 6.23. The summed E-state index contributed by atoms with van der Waals surface area (Å²) in [6.45, 7) is 2.13. The van der Waals surface area contributed by atoms with E-state index in [9.17, 15) is 0 Å². The highest BCUT2D eigenvalue weighted by Gasteiger charge is 2.05. The van der Waals surface area contributed by atoms with E-state index in [4.69, 9.17) is 4.74 Å². The maximum atomic E-state index is 5.01. The molecule has 0 aromatic carbocycles. The number of pyridine rings is 1. The van der Waals surface area contributed by atoms with Crippen LogP contribution in [0.15, 0.2) is 35.2 Å². The number of anilines is 1. The molecule has 2 aromatic rings. The van der Waals surface area contributed by atoms with Crippen LogP contribution in [0.2, 0.25) is 0 Å². The Morgan fingerprint density at radius 2 is 2.25 bits per heavy atom. The van der Waals surface area contributed by atoms with E-state index in [1.54, 1.807) is 24.6 Å². The molecule has 0 saturated carbocycles. The third kappa shape index (κ3) is 2.52. The number of aromatic nitrogens is 1. The first kappa shape index (κ1) is 11.0. The second kappa shape index (κ2) is 4.99. The Labute approximate surface area is 99.1 Å². The maximum Gasteiger partial charge on any atom is 0.213 e. The molecule has 3 nitrogen and oxygen atoms in total. The zero-order valence-electron chi connectivity index (χ0n) is 9.31. The van der Waals surface area contributed by atoms with Crippen LogP contribution in [0.5, 0.6) is 5.88 Å². The molecule has 0 aliphatic rings. The molecule has 0 spiro atoms. The summed E-state index contributed by atoms with van der Waals surface area (Å²) in [5, 5.41) is 7.61. The Bertz CT molecular complexity index is 425. The number of hydrogen-bond donors (Lipinski definition) is 1. The van der Waals surface area contributed by atoms with Gasteiger partial charge in [0.2, 0.25) is 5.88 Å². The molecular weight excluding hydrogens is 220 g/mol. The molecule has 0 aliphatic heterocycles. The zero-order valence-corrected chi connectivity index (χ0v) is 10.1. The van der Waals surface area contributed by atoms with Gasteiger partial charge in [0, 0.05) is 12.1 Å². The SMILES string of the molecule is COc1ccc(NC(C)c2ccsc2)cn1. The molecule has 4 heteroatoms. The lowest BCUT2D eigenvalue weighted by Crippen LogP contribution is -2.05. The van der Waals surface area contributed by atoms with Crippen molar-refractivity contribution >= 4 is 17.0 Å². The van der Waals surface area contributed by atoms with E-state index >= 15 is 0 Å². The lowest BCUT2D eigenvalue weighted by molar-refractivity contribution is 0.398. The quantitative estimate of drug-likeness (QED) is 0.881. The Morgan fingerprint density at radius 3 is 2.81 bits per heavy atom. The number of hydrogen-bond acceptors (Lipinski definition) is 4. The van der Waals surface area contributed by atoms with Crippen LogP contribution in [0.1, 0.15) is 18.5 Å². The van der Waals surface area contributed by atoms with E-state index in [0.717, 1.165) is 5.69 Å². The highest BCUT2D eigenvalue weighted by Crippen LogP contribution is 2.21. The Kier molecular flexibility index (Phi) is 3.41. The molecule has 0 fully saturated rings. The average molecular weight is 234 g/mol. The van der Waals surface area contributed by atoms with Gasteiger partial charge in [-0.05, 0) is 35.4 Å². The lowest BCUT2D eigenvalue weighted by Gasteiger charge is -2.13. The van der Waals surface area contributed by atoms with Gasteiger partial charge in [0.15, 0.2) is 0 Å². The standard InChI is InChI=1S/C12H14N2OS/c1-9(10-5-6-16-8-10)14-11-3-4-12(15-2)13-7-11/h3-9,14H,1-2H3. The molecular formula is C12H14N2OS. The Balaban J connectivity index is 2.03. The normalized spacial score (nSPS) is 12.1. The van der Waals surface area contributed by atoms with Gasteiger partial charge in [-0.15, -0.1) is 0 Å². The smallest absolute Gasteiger partial charge is 0.213 e. The topological polar surface area (TPSA) is 34.1 Å². The fourth-order valence-electron chi connectivity index (χ4n) is 1.44. The highest BCUT2D eigenvalue weighted by atomic mass is 32.1. The van der Waals surface area contributed by atoms with E-state index in [1.807, 2.05) is 12.1 Å². The van der Waals surface area contributed by atoms with Crippen LogP contribution in [-0.2, 0) is 0 Å². The van der Waals surface area contributed by atoms with E-state index in [0.29, 0.717) is 11.9 Å². The molecule has 1 N–H and O–H groups in total. The first-order chi connectivity index (χ1) is 7.79. The summed E-state index contributed by atoms with van der Waals surface area (Å²) in [5.41, 5.74) is 2.29. The van der Waals surface area contributed by atoms with Gasteiger partial charge in [0.1, 0.15) is 0 Å². The van der Waals surface area contributed by atoms with Crippen molar-refractivity contribution in [2.24, 2.45) is 0 Å². The highest BCUT2D eigenvalue weighted by molar-refractivity contribution is 7.07. The van der Waals surface area contributed by atoms with Crippen molar-refractivity contribution in [2.45, 2.75) is 13.0 Å². The second-order valence-electron chi connectivity index (χ2n) is 3.51. The van der Waals surface area contributed by atoms with Gasteiger partial charge in [0.25, 0.3) is 0 Å². The number of ether oxygens (including phenoxy) is 1. The minimum atomic E-state index is 0.293. The fourth-order valence-corrected chi connectivity index (χ4v) is 2.20. The first-order valence-corrected chi connectivity index (χ1v) is 6.02. The summed E-state index contributed by atoms with van der Waals surface area (Å²) >= 11 is 1.71. The van der Waals surface area contributed by atoms with E-state index < -0.39 is 0 Å². The number of rotatable bonds is 4. The third-order valence-electron chi connectivity index (χ3n) is 2.37. The number of methoxy groups -OCH3 is 1. The Hall–Kier alpha value is -1.55. The molecule has 2 heterocycles. The van der Waals surface area contributed by atoms with Gasteiger partial charge < -0.3 is 10.1 Å². The van der Waals surface area contributed by atoms with E-state index in [2.05, 4.69) is 34.1 Å². The van der Waals surface area contributed by atoms with Crippen molar-refractivity contribution in [2.75, 3.05) is 12.4 Å². The van der Waals surface area contributed by atoms with Crippen molar-refractivity contribution < 1.29 is 4.74 Å². The first-order valence-electron chi connectivity index (χ1n) is 5.08. The number of nitrogens with one attached hydrogen (secondary N) is 1. The van der Waals surface area contributed by atoms with Gasteiger partial charge in [0.05, 0.1) is 19.0 Å². The van der Waals surface area contributed by atoms with Crippen molar-refractivity contribution in [1.82, 2.24) is 4.98 Å². The average Bonchev–Trinajstić information content (AvgIpc) is 2.83. The van der Waals surface area contributed by atoms with Crippen LogP contribution < -0.4 is 10.1 Å². The summed E-state index contributed by atoms with van der Waals surface area (Å²) in [7, 11) is 1.61. The molecule has 0 aliphatic carbocycles. The third-order valence-corrected chi connectivity index (χ3v) is 3.07. The monoisotopic (exact) mass is 234 g/mol. The molecule has 16 heavy (non-hydrogen) atoms. The molecule has 0 radical (unpaired) electrons. The second-order valence-corrected chi connectivity index (χ2v) is 4.29. The van der Waals surface area contributed by atoms with Gasteiger partial charge in [-0.2, -0.15) is 11.3 Å². The van der Waals surface area contributed by atoms with Gasteiger partial charge in [-0.1, -0.05) is 0 Å². The van der Waals surface area contributed by atoms with Crippen LogP contribution in [0.3, 0.4) is 0 Å². The van der Waals surface area contributed by atoms with Crippen LogP contribution in [0.25, 0.3) is 0 Å². The maximum absolute atomic E-state index is 5.01. The van der Waals surface area contributed by atoms with Crippen molar-refractivity contribution in [1.29, 1.82) is 0 Å². The van der Waals surface area contributed by atoms with Crippen molar-refractivity contribution in [3.05, 3.63) is 40.7 Å². The van der Waals surface area contributed by atoms with Crippen molar-refractivity contribution in [3.8, 4) is 5.88 Å². The molecule has 0 bridgehead atoms. The van der Waals surface area contributed by atoms with Crippen molar-refractivity contribution in [3.63, 3.8) is 0 Å². The minimum absolute atomic E-state index is 0.293. The molecule has 1 unspecified atom stereocenters. The van der Waals surface area contributed by atoms with Gasteiger partial charge >= 0.3 is 0 Å². The predicted molar refractivity (Wildman–Crippen MR) is 67.1 cm³/mol. The van der Waals surface area contributed by atoms with E-state index in [-0.39, 0.29) is 0 Å². The molecule has 84 valence electrons. The zero-order chi connectivity index (χ0) is 11.4. The van der Waals surface area contributed by atoms with Crippen LogP contribution in [-0.4, -0.2) is 12.1 Å². The van der Waals surface area contributed by atoms with Crippen LogP contribution in [0.4, 0.5) is 5.69 Å². The summed E-state index contributed by atoms with van der Waals surface area (Å²) in [6.07, 6.45) is 1.78. The predicted octanol–water partition coefficient (Wildman–Crippen LogP) is 3.32. The molecule has 0 saturated heterocycles. The largest absolute Gasteiger partial charge is 0.481 e. The molecule has 1 atom stereocenters. The van der Waals surface area contributed by atoms with Crippen LogP contribution in [0, 0.1) is 0 Å².